The molecule has 0 radical (unpaired) electrons. The average Bonchev–Trinajstić information content (AvgIpc) is 3.06. The lowest BCUT2D eigenvalue weighted by Crippen LogP contribution is -2.47. The molecule has 2 fully saturated rings. The summed E-state index contributed by atoms with van der Waals surface area (Å²) in [6, 6.07) is 3.58. The van der Waals surface area contributed by atoms with Crippen molar-refractivity contribution in [1.29, 1.82) is 5.26 Å². The van der Waals surface area contributed by atoms with E-state index in [1.807, 2.05) is 6.92 Å². The number of nitrogens with one attached hydrogen (secondary N) is 1. The maximum atomic E-state index is 9.39. The third-order valence-electron chi connectivity index (χ3n) is 4.69. The van der Waals surface area contributed by atoms with Crippen LogP contribution < -0.4 is 5.32 Å². The zero-order valence-corrected chi connectivity index (χ0v) is 13.4. The van der Waals surface area contributed by atoms with Crippen molar-refractivity contribution in [3.05, 3.63) is 0 Å². The second-order valence-corrected chi connectivity index (χ2v) is 6.98. The van der Waals surface area contributed by atoms with E-state index in [4.69, 9.17) is 0 Å². The van der Waals surface area contributed by atoms with Gasteiger partial charge in [-0.1, -0.05) is 0 Å². The predicted octanol–water partition coefficient (Wildman–Crippen LogP) is 1.83. The van der Waals surface area contributed by atoms with Crippen LogP contribution in [0.4, 0.5) is 0 Å². The molecule has 0 aromatic rings. The predicted molar refractivity (Wildman–Crippen MR) is 82.6 cm³/mol. The van der Waals surface area contributed by atoms with Gasteiger partial charge in [0, 0.05) is 25.2 Å². The van der Waals surface area contributed by atoms with Crippen LogP contribution in [0.15, 0.2) is 0 Å². The largest absolute Gasteiger partial charge is 0.302 e. The zero-order chi connectivity index (χ0) is 14.6. The van der Waals surface area contributed by atoms with Gasteiger partial charge in [0.25, 0.3) is 0 Å². The number of likely N-dealkylation sites (tertiary alicyclic amines) is 2. The zero-order valence-electron chi connectivity index (χ0n) is 13.4. The molecule has 2 atom stereocenters. The topological polar surface area (TPSA) is 42.3 Å². The Morgan fingerprint density at radius 3 is 2.60 bits per heavy atom. The van der Waals surface area contributed by atoms with Gasteiger partial charge in [-0.05, 0) is 66.1 Å². The van der Waals surface area contributed by atoms with Crippen molar-refractivity contribution in [1.82, 2.24) is 15.1 Å². The SMILES string of the molecule is CC(C)NC(C)(C#N)CCN1CCC(N2CCCC2)C1. The molecular formula is C16H30N4. The first-order chi connectivity index (χ1) is 9.52. The van der Waals surface area contributed by atoms with Crippen molar-refractivity contribution < 1.29 is 0 Å². The Labute approximate surface area is 124 Å². The number of hydrogen-bond donors (Lipinski definition) is 1. The Morgan fingerprint density at radius 1 is 1.30 bits per heavy atom. The van der Waals surface area contributed by atoms with Gasteiger partial charge < -0.3 is 4.90 Å². The molecule has 1 N–H and O–H groups in total. The molecule has 0 aromatic heterocycles. The molecule has 0 aromatic carbocycles. The lowest BCUT2D eigenvalue weighted by Gasteiger charge is -2.29. The van der Waals surface area contributed by atoms with Gasteiger partial charge in [0.1, 0.15) is 5.54 Å². The lowest BCUT2D eigenvalue weighted by atomic mass is 9.98. The Bertz CT molecular complexity index is 343. The van der Waals surface area contributed by atoms with Crippen LogP contribution in [0.25, 0.3) is 0 Å². The van der Waals surface area contributed by atoms with Gasteiger partial charge in [0.15, 0.2) is 0 Å². The summed E-state index contributed by atoms with van der Waals surface area (Å²) in [5.41, 5.74) is -0.389. The minimum absolute atomic E-state index is 0.357. The third-order valence-corrected chi connectivity index (χ3v) is 4.69. The monoisotopic (exact) mass is 278 g/mol. The van der Waals surface area contributed by atoms with E-state index in [0.717, 1.165) is 19.0 Å². The Hall–Kier alpha value is -0.630. The molecule has 0 spiro atoms. The number of nitriles is 1. The second-order valence-electron chi connectivity index (χ2n) is 6.98. The molecule has 0 bridgehead atoms. The molecule has 0 aliphatic carbocycles. The molecule has 2 heterocycles. The minimum Gasteiger partial charge on any atom is -0.302 e. The lowest BCUT2D eigenvalue weighted by molar-refractivity contribution is 0.223. The Morgan fingerprint density at radius 2 is 2.00 bits per heavy atom. The second kappa shape index (κ2) is 6.89. The van der Waals surface area contributed by atoms with Gasteiger partial charge >= 0.3 is 0 Å². The van der Waals surface area contributed by atoms with E-state index in [-0.39, 0.29) is 5.54 Å². The van der Waals surface area contributed by atoms with Crippen molar-refractivity contribution in [2.45, 2.75) is 64.1 Å². The Balaban J connectivity index is 1.76. The van der Waals surface area contributed by atoms with Crippen LogP contribution in [0.2, 0.25) is 0 Å². The van der Waals surface area contributed by atoms with Gasteiger partial charge in [0.2, 0.25) is 0 Å². The van der Waals surface area contributed by atoms with Crippen molar-refractivity contribution in [2.75, 3.05) is 32.7 Å². The molecule has 2 rings (SSSR count). The number of hydrogen-bond acceptors (Lipinski definition) is 4. The van der Waals surface area contributed by atoms with Gasteiger partial charge in [-0.15, -0.1) is 0 Å². The van der Waals surface area contributed by atoms with Crippen LogP contribution >= 0.6 is 0 Å². The van der Waals surface area contributed by atoms with E-state index in [2.05, 4.69) is 35.0 Å². The first kappa shape index (κ1) is 15.8. The van der Waals surface area contributed by atoms with Crippen molar-refractivity contribution >= 4 is 0 Å². The van der Waals surface area contributed by atoms with E-state index in [9.17, 15) is 5.26 Å². The number of rotatable bonds is 6. The van der Waals surface area contributed by atoms with Crippen LogP contribution in [0, 0.1) is 11.3 Å². The van der Waals surface area contributed by atoms with Crippen molar-refractivity contribution in [3.63, 3.8) is 0 Å². The molecule has 4 nitrogen and oxygen atoms in total. The smallest absolute Gasteiger partial charge is 0.105 e. The summed E-state index contributed by atoms with van der Waals surface area (Å²) in [5, 5.41) is 12.8. The molecule has 0 amide bonds. The van der Waals surface area contributed by atoms with Crippen LogP contribution in [0.3, 0.4) is 0 Å². The minimum atomic E-state index is -0.389. The Kier molecular flexibility index (Phi) is 5.42. The highest BCUT2D eigenvalue weighted by Gasteiger charge is 2.31. The van der Waals surface area contributed by atoms with Gasteiger partial charge in [0.05, 0.1) is 6.07 Å². The molecule has 0 saturated carbocycles. The molecule has 20 heavy (non-hydrogen) atoms. The fourth-order valence-corrected chi connectivity index (χ4v) is 3.60. The van der Waals surface area contributed by atoms with Crippen LogP contribution in [-0.2, 0) is 0 Å². The summed E-state index contributed by atoms with van der Waals surface area (Å²) >= 11 is 0. The molecule has 4 heteroatoms. The normalized spacial score (nSPS) is 27.9. The third kappa shape index (κ3) is 4.18. The molecule has 2 unspecified atom stereocenters. The van der Waals surface area contributed by atoms with Gasteiger partial charge in [-0.25, -0.2) is 0 Å². The highest BCUT2D eigenvalue weighted by atomic mass is 15.3. The van der Waals surface area contributed by atoms with E-state index in [1.54, 1.807) is 0 Å². The van der Waals surface area contributed by atoms with Crippen molar-refractivity contribution in [2.24, 2.45) is 0 Å². The summed E-state index contributed by atoms with van der Waals surface area (Å²) in [7, 11) is 0. The summed E-state index contributed by atoms with van der Waals surface area (Å²) in [4.78, 5) is 5.20. The summed E-state index contributed by atoms with van der Waals surface area (Å²) < 4.78 is 0. The van der Waals surface area contributed by atoms with E-state index < -0.39 is 0 Å². The van der Waals surface area contributed by atoms with Gasteiger partial charge in [-0.2, -0.15) is 5.26 Å². The highest BCUT2D eigenvalue weighted by Crippen LogP contribution is 2.21. The number of nitrogens with zero attached hydrogens (tertiary/aromatic N) is 3. The fourth-order valence-electron chi connectivity index (χ4n) is 3.60. The maximum absolute atomic E-state index is 9.39. The summed E-state index contributed by atoms with van der Waals surface area (Å²) in [6.45, 7) is 12.3. The quantitative estimate of drug-likeness (QED) is 0.805. The van der Waals surface area contributed by atoms with Gasteiger partial charge in [-0.3, -0.25) is 10.2 Å². The molecule has 2 aliphatic rings. The van der Waals surface area contributed by atoms with Crippen LogP contribution in [-0.4, -0.2) is 60.1 Å². The standard InChI is InChI=1S/C16H30N4/c1-14(2)18-16(3,13-17)7-11-19-10-6-15(12-19)20-8-4-5-9-20/h14-15,18H,4-12H2,1-3H3. The molecular weight excluding hydrogens is 248 g/mol. The molecule has 2 aliphatic heterocycles. The van der Waals surface area contributed by atoms with Crippen LogP contribution in [0.1, 0.15) is 46.5 Å². The van der Waals surface area contributed by atoms with E-state index in [0.29, 0.717) is 6.04 Å². The summed E-state index contributed by atoms with van der Waals surface area (Å²) in [5.74, 6) is 0. The maximum Gasteiger partial charge on any atom is 0.105 e. The van der Waals surface area contributed by atoms with E-state index >= 15 is 0 Å². The average molecular weight is 278 g/mol. The first-order valence-electron chi connectivity index (χ1n) is 8.18. The van der Waals surface area contributed by atoms with Crippen molar-refractivity contribution in [3.8, 4) is 6.07 Å². The molecule has 114 valence electrons. The summed E-state index contributed by atoms with van der Waals surface area (Å²) in [6.07, 6.45) is 4.97. The van der Waals surface area contributed by atoms with Crippen LogP contribution in [0.5, 0.6) is 0 Å². The first-order valence-corrected chi connectivity index (χ1v) is 8.18. The molecule has 2 saturated heterocycles. The fraction of sp³-hybridized carbons (Fsp3) is 0.938. The van der Waals surface area contributed by atoms with E-state index in [1.165, 1.54) is 45.4 Å². The highest BCUT2D eigenvalue weighted by molar-refractivity contribution is 5.05.